The highest BCUT2D eigenvalue weighted by Gasteiger charge is 2.39. The quantitative estimate of drug-likeness (QED) is 0.748. The van der Waals surface area contributed by atoms with Crippen molar-refractivity contribution in [3.8, 4) is 11.5 Å². The van der Waals surface area contributed by atoms with Gasteiger partial charge in [-0.3, -0.25) is 0 Å². The first kappa shape index (κ1) is 25.0. The molecule has 27 heavy (non-hydrogen) atoms. The molecule has 0 spiro atoms. The van der Waals surface area contributed by atoms with Crippen molar-refractivity contribution in [2.75, 3.05) is 14.2 Å². The van der Waals surface area contributed by atoms with Gasteiger partial charge in [0.2, 0.25) is 0 Å². The van der Waals surface area contributed by atoms with Gasteiger partial charge in [0.1, 0.15) is 17.1 Å². The summed E-state index contributed by atoms with van der Waals surface area (Å²) in [6, 6.07) is 14.3. The molecule has 2 aromatic carbocycles. The van der Waals surface area contributed by atoms with Gasteiger partial charge in [-0.25, -0.2) is 0 Å². The number of methoxy groups -OCH3 is 2. The Balaban J connectivity index is 0.00000158. The molecule has 0 amide bonds. The predicted octanol–water partition coefficient (Wildman–Crippen LogP) is 4.98. The van der Waals surface area contributed by atoms with Crippen LogP contribution in [0.5, 0.6) is 11.5 Å². The molecule has 0 aliphatic rings. The lowest BCUT2D eigenvalue weighted by Crippen LogP contribution is -2.49. The zero-order chi connectivity index (χ0) is 21.0. The van der Waals surface area contributed by atoms with Gasteiger partial charge in [-0.2, -0.15) is 0 Å². The highest BCUT2D eigenvalue weighted by Crippen LogP contribution is 2.36. The van der Waals surface area contributed by atoms with Crippen molar-refractivity contribution in [1.29, 1.82) is 0 Å². The van der Waals surface area contributed by atoms with Crippen molar-refractivity contribution in [1.82, 2.24) is 0 Å². The van der Waals surface area contributed by atoms with Crippen molar-refractivity contribution < 1.29 is 14.6 Å². The number of hydrogen-bond donors (Lipinski definition) is 2. The van der Waals surface area contributed by atoms with Crippen molar-refractivity contribution >= 4 is 0 Å². The first-order chi connectivity index (χ1) is 12.9. The molecule has 4 heteroatoms. The van der Waals surface area contributed by atoms with E-state index in [0.29, 0.717) is 0 Å². The number of aliphatic hydroxyl groups is 1. The maximum absolute atomic E-state index is 11.5. The lowest BCUT2D eigenvalue weighted by atomic mass is 9.76. The van der Waals surface area contributed by atoms with Gasteiger partial charge in [-0.1, -0.05) is 65.8 Å². The van der Waals surface area contributed by atoms with E-state index in [9.17, 15) is 5.11 Å². The Morgan fingerprint density at radius 1 is 0.741 bits per heavy atom. The molecule has 0 aliphatic heterocycles. The molecule has 3 N–H and O–H groups in total. The van der Waals surface area contributed by atoms with E-state index >= 15 is 0 Å². The summed E-state index contributed by atoms with van der Waals surface area (Å²) in [5, 5.41) is 11.5. The third-order valence-electron chi connectivity index (χ3n) is 4.26. The number of nitrogens with two attached hydrogens (primary N) is 1. The monoisotopic (exact) mass is 375 g/mol. The fourth-order valence-corrected chi connectivity index (χ4v) is 2.72. The van der Waals surface area contributed by atoms with Gasteiger partial charge in [0.25, 0.3) is 0 Å². The SMILES string of the molecule is CC.CC.COc1ccc(C(O)(c2ccc(OC)cc2)[C@@H](N)C(C)C)cc1. The van der Waals surface area contributed by atoms with E-state index < -0.39 is 11.6 Å². The van der Waals surface area contributed by atoms with E-state index in [1.807, 2.05) is 90.1 Å². The summed E-state index contributed by atoms with van der Waals surface area (Å²) in [6.07, 6.45) is 0. The minimum atomic E-state index is -1.29. The summed E-state index contributed by atoms with van der Waals surface area (Å²) in [7, 11) is 3.23. The molecule has 2 aromatic rings. The third-order valence-corrected chi connectivity index (χ3v) is 4.26. The average molecular weight is 376 g/mol. The molecule has 0 bridgehead atoms. The topological polar surface area (TPSA) is 64.7 Å². The van der Waals surface area contributed by atoms with Gasteiger partial charge >= 0.3 is 0 Å². The van der Waals surface area contributed by atoms with Gasteiger partial charge in [-0.15, -0.1) is 0 Å². The maximum Gasteiger partial charge on any atom is 0.130 e. The second-order valence-corrected chi connectivity index (χ2v) is 5.99. The lowest BCUT2D eigenvalue weighted by molar-refractivity contribution is 0.0352. The molecule has 0 unspecified atom stereocenters. The molecule has 0 fully saturated rings. The molecular formula is C23H37NO3. The molecule has 2 rings (SSSR count). The first-order valence-electron chi connectivity index (χ1n) is 9.70. The number of rotatable bonds is 6. The molecule has 1 atom stereocenters. The van der Waals surface area contributed by atoms with Crippen LogP contribution in [0.1, 0.15) is 52.7 Å². The molecular weight excluding hydrogens is 338 g/mol. The van der Waals surface area contributed by atoms with Gasteiger partial charge in [-0.05, 0) is 41.3 Å². The van der Waals surface area contributed by atoms with Crippen LogP contribution in [-0.4, -0.2) is 25.4 Å². The van der Waals surface area contributed by atoms with Gasteiger partial charge in [0.15, 0.2) is 0 Å². The van der Waals surface area contributed by atoms with Crippen LogP contribution < -0.4 is 15.2 Å². The minimum absolute atomic E-state index is 0.101. The Hall–Kier alpha value is -2.04. The normalized spacial score (nSPS) is 11.5. The lowest BCUT2D eigenvalue weighted by Gasteiger charge is -2.37. The van der Waals surface area contributed by atoms with Crippen LogP contribution in [0.25, 0.3) is 0 Å². The second kappa shape index (κ2) is 12.4. The van der Waals surface area contributed by atoms with Crippen molar-refractivity contribution in [2.45, 2.75) is 53.2 Å². The fourth-order valence-electron chi connectivity index (χ4n) is 2.72. The standard InChI is InChI=1S/C19H25NO3.2C2H6/c1-13(2)18(20)19(21,14-5-9-16(22-3)10-6-14)15-7-11-17(23-4)12-8-15;2*1-2/h5-13,18,21H,20H2,1-4H3;2*1-2H3/t18-;;/m0../s1. The number of benzene rings is 2. The van der Waals surface area contributed by atoms with Crippen LogP contribution >= 0.6 is 0 Å². The smallest absolute Gasteiger partial charge is 0.130 e. The predicted molar refractivity (Wildman–Crippen MR) is 114 cm³/mol. The van der Waals surface area contributed by atoms with Crippen molar-refractivity contribution in [2.24, 2.45) is 11.7 Å². The molecule has 0 aromatic heterocycles. The highest BCUT2D eigenvalue weighted by molar-refractivity contribution is 5.42. The summed E-state index contributed by atoms with van der Waals surface area (Å²) < 4.78 is 10.4. The van der Waals surface area contributed by atoms with Gasteiger partial charge in [0.05, 0.1) is 14.2 Å². The van der Waals surface area contributed by atoms with Crippen molar-refractivity contribution in [3.63, 3.8) is 0 Å². The summed E-state index contributed by atoms with van der Waals surface area (Å²) in [5.41, 5.74) is 6.58. The summed E-state index contributed by atoms with van der Waals surface area (Å²) in [6.45, 7) is 12.0. The molecule has 0 radical (unpaired) electrons. The fraction of sp³-hybridized carbons (Fsp3) is 0.478. The Labute approximate surface area is 165 Å². The van der Waals surface area contributed by atoms with Gasteiger partial charge in [0, 0.05) is 6.04 Å². The van der Waals surface area contributed by atoms with Gasteiger partial charge < -0.3 is 20.3 Å². The zero-order valence-corrected chi connectivity index (χ0v) is 18.1. The van der Waals surface area contributed by atoms with Crippen LogP contribution in [0.3, 0.4) is 0 Å². The Kier molecular flexibility index (Phi) is 11.4. The van der Waals surface area contributed by atoms with Crippen molar-refractivity contribution in [3.05, 3.63) is 59.7 Å². The Morgan fingerprint density at radius 2 is 1.04 bits per heavy atom. The van der Waals surface area contributed by atoms with E-state index in [1.54, 1.807) is 14.2 Å². The maximum atomic E-state index is 11.5. The van der Waals surface area contributed by atoms with Crippen LogP contribution in [0, 0.1) is 5.92 Å². The minimum Gasteiger partial charge on any atom is -0.497 e. The Bertz CT molecular complexity index is 574. The van der Waals surface area contributed by atoms with E-state index in [0.717, 1.165) is 22.6 Å². The van der Waals surface area contributed by atoms with E-state index in [1.165, 1.54) is 0 Å². The number of hydrogen-bond acceptors (Lipinski definition) is 4. The summed E-state index contributed by atoms with van der Waals surface area (Å²) >= 11 is 0. The van der Waals surface area contributed by atoms with Crippen LogP contribution in [0.4, 0.5) is 0 Å². The van der Waals surface area contributed by atoms with Crippen LogP contribution in [-0.2, 0) is 5.60 Å². The van der Waals surface area contributed by atoms with Crippen LogP contribution in [0.2, 0.25) is 0 Å². The molecule has 0 saturated carbocycles. The zero-order valence-electron chi connectivity index (χ0n) is 18.1. The first-order valence-corrected chi connectivity index (χ1v) is 9.70. The second-order valence-electron chi connectivity index (χ2n) is 5.99. The summed E-state index contributed by atoms with van der Waals surface area (Å²) in [4.78, 5) is 0. The van der Waals surface area contributed by atoms with E-state index in [4.69, 9.17) is 15.2 Å². The van der Waals surface area contributed by atoms with E-state index in [2.05, 4.69) is 0 Å². The molecule has 152 valence electrons. The number of ether oxygens (including phenoxy) is 2. The molecule has 0 saturated heterocycles. The average Bonchev–Trinajstić information content (AvgIpc) is 2.75. The Morgan fingerprint density at radius 3 is 1.26 bits per heavy atom. The largest absolute Gasteiger partial charge is 0.497 e. The van der Waals surface area contributed by atoms with Crippen LogP contribution in [0.15, 0.2) is 48.5 Å². The summed E-state index contributed by atoms with van der Waals surface area (Å²) in [5.74, 6) is 1.58. The van der Waals surface area contributed by atoms with E-state index in [-0.39, 0.29) is 5.92 Å². The highest BCUT2D eigenvalue weighted by atomic mass is 16.5. The third kappa shape index (κ3) is 5.98. The molecule has 4 nitrogen and oxygen atoms in total. The molecule has 0 aliphatic carbocycles. The molecule has 0 heterocycles.